The van der Waals surface area contributed by atoms with Crippen LogP contribution < -0.4 is 0 Å². The Morgan fingerprint density at radius 1 is 1.38 bits per heavy atom. The molecule has 6 nitrogen and oxygen atoms in total. The van der Waals surface area contributed by atoms with Crippen LogP contribution in [0.5, 0.6) is 0 Å². The minimum atomic E-state index is -1.11. The minimum Gasteiger partial charge on any atom is -0.480 e. The van der Waals surface area contributed by atoms with Crippen LogP contribution in [0.2, 0.25) is 0 Å². The summed E-state index contributed by atoms with van der Waals surface area (Å²) in [5.41, 5.74) is -1.87. The van der Waals surface area contributed by atoms with Crippen LogP contribution in [0.3, 0.4) is 0 Å². The van der Waals surface area contributed by atoms with Crippen LogP contribution in [0, 0.1) is 10.8 Å². The molecule has 0 saturated carbocycles. The van der Waals surface area contributed by atoms with Crippen molar-refractivity contribution in [2.45, 2.75) is 46.2 Å². The highest BCUT2D eigenvalue weighted by atomic mass is 32.1. The number of methoxy groups -OCH3 is 1. The lowest BCUT2D eigenvalue weighted by Crippen LogP contribution is -2.47. The summed E-state index contributed by atoms with van der Waals surface area (Å²) in [6.07, 6.45) is 0.0272. The Morgan fingerprint density at radius 3 is 2.42 bits per heavy atom. The lowest BCUT2D eigenvalue weighted by molar-refractivity contribution is -0.157. The van der Waals surface area contributed by atoms with E-state index in [4.69, 9.17) is 4.74 Å². The van der Waals surface area contributed by atoms with E-state index in [1.807, 2.05) is 17.5 Å². The van der Waals surface area contributed by atoms with Gasteiger partial charge in [-0.25, -0.2) is 4.79 Å². The fourth-order valence-corrected chi connectivity index (χ4v) is 4.25. The van der Waals surface area contributed by atoms with Gasteiger partial charge in [0.05, 0.1) is 18.6 Å². The smallest absolute Gasteiger partial charge is 0.326 e. The van der Waals surface area contributed by atoms with E-state index in [0.29, 0.717) is 0 Å². The van der Waals surface area contributed by atoms with Gasteiger partial charge in [0.1, 0.15) is 6.04 Å². The van der Waals surface area contributed by atoms with Crippen LogP contribution in [-0.2, 0) is 19.1 Å². The fourth-order valence-electron chi connectivity index (χ4n) is 3.28. The van der Waals surface area contributed by atoms with Gasteiger partial charge in [-0.1, -0.05) is 26.8 Å². The molecule has 2 rings (SSSR count). The molecule has 1 saturated heterocycles. The molecule has 7 heteroatoms. The summed E-state index contributed by atoms with van der Waals surface area (Å²) < 4.78 is 4.94. The number of carbonyl (C=O) groups is 3. The third-order valence-corrected chi connectivity index (χ3v) is 5.39. The number of thiophene rings is 1. The predicted molar refractivity (Wildman–Crippen MR) is 89.5 cm³/mol. The van der Waals surface area contributed by atoms with Crippen molar-refractivity contribution in [3.05, 3.63) is 22.4 Å². The van der Waals surface area contributed by atoms with Gasteiger partial charge in [-0.15, -0.1) is 11.3 Å². The summed E-state index contributed by atoms with van der Waals surface area (Å²) >= 11 is 1.40. The maximum atomic E-state index is 13.0. The van der Waals surface area contributed by atoms with Crippen molar-refractivity contribution in [3.8, 4) is 0 Å². The summed E-state index contributed by atoms with van der Waals surface area (Å²) in [6.45, 7) is 6.91. The van der Waals surface area contributed by atoms with Crippen molar-refractivity contribution < 1.29 is 24.2 Å². The molecule has 1 N–H and O–H groups in total. The second kappa shape index (κ2) is 6.20. The largest absolute Gasteiger partial charge is 0.480 e. The molecule has 0 radical (unpaired) electrons. The standard InChI is InChI=1S/C17H23NO5S/c1-16(2,3)14(21)18-10(13(19)20)9-17(4,15(22)23-5)12(18)11-7-6-8-24-11/h6-8,10,12H,9H2,1-5H3,(H,19,20)/t10-,12-,17-/m1/s1. The number of aliphatic carboxylic acids is 1. The SMILES string of the molecule is COC(=O)[C@]1(C)C[C@H](C(=O)O)N(C(=O)C(C)(C)C)[C@@H]1c1cccs1. The molecule has 3 atom stereocenters. The van der Waals surface area contributed by atoms with Gasteiger partial charge in [0.25, 0.3) is 0 Å². The monoisotopic (exact) mass is 353 g/mol. The Hall–Kier alpha value is -1.89. The van der Waals surface area contributed by atoms with Crippen molar-refractivity contribution in [3.63, 3.8) is 0 Å². The molecular formula is C17H23NO5S. The Morgan fingerprint density at radius 2 is 2.00 bits per heavy atom. The van der Waals surface area contributed by atoms with Crippen molar-refractivity contribution in [2.24, 2.45) is 10.8 Å². The van der Waals surface area contributed by atoms with E-state index in [9.17, 15) is 19.5 Å². The number of carbonyl (C=O) groups excluding carboxylic acids is 2. The van der Waals surface area contributed by atoms with Gasteiger partial charge in [-0.3, -0.25) is 9.59 Å². The van der Waals surface area contributed by atoms with Gasteiger partial charge < -0.3 is 14.7 Å². The first kappa shape index (κ1) is 18.4. The predicted octanol–water partition coefficient (Wildman–Crippen LogP) is 2.70. The van der Waals surface area contributed by atoms with E-state index in [2.05, 4.69) is 0 Å². The molecule has 1 aliphatic rings. The highest BCUT2D eigenvalue weighted by Gasteiger charge is 2.60. The van der Waals surface area contributed by atoms with Crippen molar-refractivity contribution in [2.75, 3.05) is 7.11 Å². The van der Waals surface area contributed by atoms with Crippen LogP contribution in [0.15, 0.2) is 17.5 Å². The van der Waals surface area contributed by atoms with Gasteiger partial charge >= 0.3 is 11.9 Å². The quantitative estimate of drug-likeness (QED) is 0.845. The molecule has 24 heavy (non-hydrogen) atoms. The Labute approximate surface area is 145 Å². The lowest BCUT2D eigenvalue weighted by Gasteiger charge is -2.36. The van der Waals surface area contributed by atoms with Gasteiger partial charge in [0.15, 0.2) is 0 Å². The summed E-state index contributed by atoms with van der Waals surface area (Å²) in [4.78, 5) is 39.4. The zero-order chi connectivity index (χ0) is 18.3. The Balaban J connectivity index is 2.64. The maximum Gasteiger partial charge on any atom is 0.326 e. The third kappa shape index (κ3) is 2.92. The average molecular weight is 353 g/mol. The molecule has 1 aliphatic heterocycles. The number of esters is 1. The van der Waals surface area contributed by atoms with Crippen molar-refractivity contribution in [1.29, 1.82) is 0 Å². The number of nitrogens with zero attached hydrogens (tertiary/aromatic N) is 1. The second-order valence-corrected chi connectivity index (χ2v) is 8.33. The minimum absolute atomic E-state index is 0.0272. The highest BCUT2D eigenvalue weighted by molar-refractivity contribution is 7.10. The number of amides is 1. The van der Waals surface area contributed by atoms with E-state index < -0.39 is 34.9 Å². The molecule has 1 aromatic rings. The van der Waals surface area contributed by atoms with Crippen molar-refractivity contribution >= 4 is 29.2 Å². The van der Waals surface area contributed by atoms with Gasteiger partial charge in [0.2, 0.25) is 5.91 Å². The topological polar surface area (TPSA) is 83.9 Å². The van der Waals surface area contributed by atoms with Gasteiger partial charge in [-0.05, 0) is 24.8 Å². The number of hydrogen-bond acceptors (Lipinski definition) is 5. The third-order valence-electron chi connectivity index (χ3n) is 4.46. The maximum absolute atomic E-state index is 13.0. The summed E-state index contributed by atoms with van der Waals surface area (Å²) in [7, 11) is 1.28. The number of carboxylic acids is 1. The van der Waals surface area contributed by atoms with E-state index in [0.717, 1.165) is 4.88 Å². The Kier molecular flexibility index (Phi) is 4.77. The molecule has 1 fully saturated rings. The number of carboxylic acid groups (broad SMARTS) is 1. The van der Waals surface area contributed by atoms with Crippen LogP contribution in [0.1, 0.15) is 45.0 Å². The molecule has 132 valence electrons. The number of likely N-dealkylation sites (tertiary alicyclic amines) is 1. The average Bonchev–Trinajstić information content (AvgIpc) is 3.10. The zero-order valence-corrected chi connectivity index (χ0v) is 15.3. The van der Waals surface area contributed by atoms with Crippen LogP contribution in [0.25, 0.3) is 0 Å². The van der Waals surface area contributed by atoms with Crippen LogP contribution in [0.4, 0.5) is 0 Å². The van der Waals surface area contributed by atoms with E-state index in [1.54, 1.807) is 27.7 Å². The normalized spacial score (nSPS) is 27.1. The van der Waals surface area contributed by atoms with Crippen molar-refractivity contribution in [1.82, 2.24) is 4.90 Å². The lowest BCUT2D eigenvalue weighted by atomic mass is 9.80. The highest BCUT2D eigenvalue weighted by Crippen LogP contribution is 2.53. The molecule has 0 spiro atoms. The van der Waals surface area contributed by atoms with Crippen LogP contribution in [-0.4, -0.2) is 41.0 Å². The summed E-state index contributed by atoms with van der Waals surface area (Å²) in [5, 5.41) is 11.5. The fraction of sp³-hybridized carbons (Fsp3) is 0.588. The molecule has 0 aliphatic carbocycles. The number of rotatable bonds is 3. The van der Waals surface area contributed by atoms with E-state index in [-0.39, 0.29) is 12.3 Å². The summed E-state index contributed by atoms with van der Waals surface area (Å²) in [5.74, 6) is -1.90. The van der Waals surface area contributed by atoms with Crippen LogP contribution >= 0.6 is 11.3 Å². The first-order valence-corrected chi connectivity index (χ1v) is 8.59. The zero-order valence-electron chi connectivity index (χ0n) is 14.5. The molecule has 0 aromatic carbocycles. The number of hydrogen-bond donors (Lipinski definition) is 1. The van der Waals surface area contributed by atoms with Gasteiger partial charge in [0, 0.05) is 10.3 Å². The molecule has 1 amide bonds. The van der Waals surface area contributed by atoms with E-state index in [1.165, 1.54) is 23.3 Å². The number of ether oxygens (including phenoxy) is 1. The Bertz CT molecular complexity index is 648. The first-order valence-electron chi connectivity index (χ1n) is 7.71. The molecule has 1 aromatic heterocycles. The summed E-state index contributed by atoms with van der Waals surface area (Å²) in [6, 6.07) is 1.93. The molecule has 0 unspecified atom stereocenters. The first-order chi connectivity index (χ1) is 11.0. The van der Waals surface area contributed by atoms with E-state index >= 15 is 0 Å². The molecule has 0 bridgehead atoms. The molecule has 2 heterocycles. The second-order valence-electron chi connectivity index (χ2n) is 7.35. The van der Waals surface area contributed by atoms with Gasteiger partial charge in [-0.2, -0.15) is 0 Å². The molecular weight excluding hydrogens is 330 g/mol.